The van der Waals surface area contributed by atoms with E-state index < -0.39 is 18.1 Å². The number of ketones is 1. The van der Waals surface area contributed by atoms with Gasteiger partial charge in [-0.05, 0) is 37.4 Å². The Morgan fingerprint density at radius 3 is 2.63 bits per heavy atom. The lowest BCUT2D eigenvalue weighted by atomic mass is 10.1. The number of thiophene rings is 1. The van der Waals surface area contributed by atoms with E-state index in [1.165, 1.54) is 4.88 Å². The molecule has 3 aromatic heterocycles. The van der Waals surface area contributed by atoms with Crippen molar-refractivity contribution < 1.29 is 14.3 Å². The van der Waals surface area contributed by atoms with Crippen LogP contribution in [-0.2, 0) is 11.3 Å². The third kappa shape index (κ3) is 3.69. The number of nitrogens with one attached hydrogen (secondary N) is 1. The number of carbonyl (C=O) groups excluding carboxylic acids is 2. The molecule has 0 unspecified atom stereocenters. The van der Waals surface area contributed by atoms with Gasteiger partial charge in [-0.25, -0.2) is 9.89 Å². The van der Waals surface area contributed by atoms with E-state index in [2.05, 4.69) is 14.8 Å². The van der Waals surface area contributed by atoms with E-state index in [0.717, 1.165) is 11.4 Å². The molecule has 152 valence electrons. The van der Waals surface area contributed by atoms with Gasteiger partial charge >= 0.3 is 5.97 Å². The largest absolute Gasteiger partial charge is 0.452 e. The Kier molecular flexibility index (Phi) is 5.33. The van der Waals surface area contributed by atoms with Gasteiger partial charge in [0.2, 0.25) is 5.78 Å². The highest BCUT2D eigenvalue weighted by molar-refractivity contribution is 7.09. The Morgan fingerprint density at radius 2 is 1.90 bits per heavy atom. The minimum atomic E-state index is -0.761. The van der Waals surface area contributed by atoms with Crippen LogP contribution in [0.2, 0.25) is 0 Å². The average Bonchev–Trinajstić information content (AvgIpc) is 3.36. The molecule has 1 N–H and O–H groups in total. The normalized spacial score (nSPS) is 11.0. The Morgan fingerprint density at radius 1 is 1.13 bits per heavy atom. The number of aromatic nitrogens is 3. The minimum absolute atomic E-state index is 0.0267. The topological polar surface area (TPSA) is 94.1 Å². The van der Waals surface area contributed by atoms with Crippen molar-refractivity contribution in [2.24, 2.45) is 0 Å². The highest BCUT2D eigenvalue weighted by Crippen LogP contribution is 2.20. The molecule has 8 heteroatoms. The molecule has 0 aliphatic carbocycles. The number of aromatic amines is 1. The van der Waals surface area contributed by atoms with Crippen LogP contribution in [0.5, 0.6) is 0 Å². The number of fused-ring (bicyclic) bond motifs is 1. The molecule has 0 amide bonds. The van der Waals surface area contributed by atoms with E-state index in [-0.39, 0.29) is 11.5 Å². The van der Waals surface area contributed by atoms with E-state index in [1.54, 1.807) is 35.6 Å². The van der Waals surface area contributed by atoms with Crippen LogP contribution >= 0.6 is 11.3 Å². The maximum atomic E-state index is 12.7. The molecule has 4 aromatic rings. The van der Waals surface area contributed by atoms with Crippen molar-refractivity contribution in [2.45, 2.75) is 20.4 Å². The zero-order chi connectivity index (χ0) is 21.3. The Hall–Kier alpha value is -3.52. The van der Waals surface area contributed by atoms with Crippen LogP contribution in [0.15, 0.2) is 52.6 Å². The molecule has 0 spiro atoms. The second-order valence-corrected chi connectivity index (χ2v) is 7.93. The quantitative estimate of drug-likeness (QED) is 0.380. The van der Waals surface area contributed by atoms with E-state index in [9.17, 15) is 14.4 Å². The van der Waals surface area contributed by atoms with Crippen molar-refractivity contribution in [3.05, 3.63) is 85.7 Å². The second-order valence-electron chi connectivity index (χ2n) is 6.90. The smallest absolute Gasteiger partial charge is 0.359 e. The standard InChI is InChI=1S/C22H19N3O4S/c1-13-10-18(14(2)25(13)11-15-6-5-9-30-15)19(26)12-29-22(28)20-16-7-3-4-8-17(16)21(27)24-23-20/h3-10H,11-12H2,1-2H3,(H,24,27). The molecule has 0 fully saturated rings. The first kappa shape index (κ1) is 19.8. The molecule has 0 bridgehead atoms. The monoisotopic (exact) mass is 421 g/mol. The summed E-state index contributed by atoms with van der Waals surface area (Å²) in [7, 11) is 0. The van der Waals surface area contributed by atoms with E-state index >= 15 is 0 Å². The van der Waals surface area contributed by atoms with Crippen LogP contribution in [0.25, 0.3) is 10.8 Å². The molecule has 3 heterocycles. The second kappa shape index (κ2) is 8.08. The van der Waals surface area contributed by atoms with Gasteiger partial charge in [-0.1, -0.05) is 24.3 Å². The molecule has 4 rings (SSSR count). The predicted octanol–water partition coefficient (Wildman–Crippen LogP) is 3.49. The van der Waals surface area contributed by atoms with Crippen LogP contribution in [0.4, 0.5) is 0 Å². The van der Waals surface area contributed by atoms with Gasteiger partial charge < -0.3 is 9.30 Å². The van der Waals surface area contributed by atoms with Crippen molar-refractivity contribution >= 4 is 33.9 Å². The van der Waals surface area contributed by atoms with Crippen LogP contribution in [0, 0.1) is 13.8 Å². The van der Waals surface area contributed by atoms with Gasteiger partial charge in [0.05, 0.1) is 11.9 Å². The zero-order valence-electron chi connectivity index (χ0n) is 16.5. The fraction of sp³-hybridized carbons (Fsp3) is 0.182. The van der Waals surface area contributed by atoms with Gasteiger partial charge in [-0.2, -0.15) is 5.10 Å². The van der Waals surface area contributed by atoms with Crippen LogP contribution < -0.4 is 5.56 Å². The molecule has 7 nitrogen and oxygen atoms in total. The van der Waals surface area contributed by atoms with Gasteiger partial charge in [0.1, 0.15) is 0 Å². The van der Waals surface area contributed by atoms with Crippen molar-refractivity contribution in [3.63, 3.8) is 0 Å². The first-order chi connectivity index (χ1) is 14.5. The summed E-state index contributed by atoms with van der Waals surface area (Å²) in [4.78, 5) is 38.3. The lowest BCUT2D eigenvalue weighted by Crippen LogP contribution is -2.19. The summed E-state index contributed by atoms with van der Waals surface area (Å²) < 4.78 is 7.29. The number of esters is 1. The number of aryl methyl sites for hydroxylation is 1. The van der Waals surface area contributed by atoms with Crippen LogP contribution in [-0.4, -0.2) is 33.1 Å². The number of benzene rings is 1. The molecule has 0 aliphatic heterocycles. The first-order valence-corrected chi connectivity index (χ1v) is 10.2. The number of rotatable bonds is 6. The molecule has 0 saturated carbocycles. The summed E-state index contributed by atoms with van der Waals surface area (Å²) in [6.45, 7) is 4.11. The van der Waals surface area contributed by atoms with Crippen LogP contribution in [0.1, 0.15) is 37.1 Å². The molecular weight excluding hydrogens is 402 g/mol. The number of carbonyl (C=O) groups is 2. The SMILES string of the molecule is Cc1cc(C(=O)COC(=O)c2n[nH]c(=O)c3ccccc23)c(C)n1Cc1cccs1. The summed E-state index contributed by atoms with van der Waals surface area (Å²) in [5.74, 6) is -1.05. The molecule has 0 atom stereocenters. The number of Topliss-reactive ketones (excluding diaryl/α,β-unsaturated/α-hetero) is 1. The summed E-state index contributed by atoms with van der Waals surface area (Å²) in [6.07, 6.45) is 0. The lowest BCUT2D eigenvalue weighted by Gasteiger charge is -2.09. The predicted molar refractivity (Wildman–Crippen MR) is 114 cm³/mol. The van der Waals surface area contributed by atoms with Gasteiger partial charge in [0, 0.05) is 27.2 Å². The molecule has 30 heavy (non-hydrogen) atoms. The number of nitrogens with zero attached hydrogens (tertiary/aromatic N) is 2. The van der Waals surface area contributed by atoms with Crippen molar-refractivity contribution in [1.29, 1.82) is 0 Å². The molecular formula is C22H19N3O4S. The van der Waals surface area contributed by atoms with Crippen molar-refractivity contribution in [2.75, 3.05) is 6.61 Å². The molecule has 0 saturated heterocycles. The van der Waals surface area contributed by atoms with E-state index in [1.807, 2.05) is 37.4 Å². The third-order valence-corrected chi connectivity index (χ3v) is 5.85. The van der Waals surface area contributed by atoms with Gasteiger partial charge in [0.15, 0.2) is 12.3 Å². The summed E-state index contributed by atoms with van der Waals surface area (Å²) in [6, 6.07) is 12.5. The molecule has 0 aliphatic rings. The van der Waals surface area contributed by atoms with Gasteiger partial charge in [-0.15, -0.1) is 11.3 Å². The van der Waals surface area contributed by atoms with Crippen molar-refractivity contribution in [1.82, 2.24) is 14.8 Å². The number of hydrogen-bond acceptors (Lipinski definition) is 6. The van der Waals surface area contributed by atoms with E-state index in [4.69, 9.17) is 4.74 Å². The fourth-order valence-corrected chi connectivity index (χ4v) is 4.13. The van der Waals surface area contributed by atoms with E-state index in [0.29, 0.717) is 22.9 Å². The van der Waals surface area contributed by atoms with Crippen LogP contribution in [0.3, 0.4) is 0 Å². The molecule has 1 aromatic carbocycles. The van der Waals surface area contributed by atoms with Crippen molar-refractivity contribution in [3.8, 4) is 0 Å². The number of hydrogen-bond donors (Lipinski definition) is 1. The van der Waals surface area contributed by atoms with Gasteiger partial charge in [-0.3, -0.25) is 9.59 Å². The highest BCUT2D eigenvalue weighted by Gasteiger charge is 2.20. The Bertz CT molecular complexity index is 1300. The van der Waals surface area contributed by atoms with Gasteiger partial charge in [0.25, 0.3) is 5.56 Å². The minimum Gasteiger partial charge on any atom is -0.452 e. The average molecular weight is 421 g/mol. The highest BCUT2D eigenvalue weighted by atomic mass is 32.1. The summed E-state index contributed by atoms with van der Waals surface area (Å²) >= 11 is 1.66. The first-order valence-electron chi connectivity index (χ1n) is 9.32. The Labute approximate surface area is 175 Å². The zero-order valence-corrected chi connectivity index (χ0v) is 17.3. The number of H-pyrrole nitrogens is 1. The maximum absolute atomic E-state index is 12.7. The molecule has 0 radical (unpaired) electrons. The summed E-state index contributed by atoms with van der Waals surface area (Å²) in [5.41, 5.74) is 1.90. The summed E-state index contributed by atoms with van der Waals surface area (Å²) in [5, 5.41) is 8.83. The third-order valence-electron chi connectivity index (χ3n) is 4.99. The lowest BCUT2D eigenvalue weighted by molar-refractivity contribution is 0.0469. The number of ether oxygens (including phenoxy) is 1. The fourth-order valence-electron chi connectivity index (χ4n) is 3.43. The Balaban J connectivity index is 1.51. The maximum Gasteiger partial charge on any atom is 0.359 e.